The average Bonchev–Trinajstić information content (AvgIpc) is 2.99. The number of rotatable bonds is 6. The Morgan fingerprint density at radius 2 is 2.20 bits per heavy atom. The summed E-state index contributed by atoms with van der Waals surface area (Å²) >= 11 is 3.11. The molecule has 0 aliphatic rings. The van der Waals surface area contributed by atoms with Crippen LogP contribution in [0.2, 0.25) is 0 Å². The lowest BCUT2D eigenvalue weighted by Crippen LogP contribution is -2.31. The van der Waals surface area contributed by atoms with Crippen LogP contribution < -0.4 is 5.32 Å². The second-order valence-electron chi connectivity index (χ2n) is 5.46. The van der Waals surface area contributed by atoms with Crippen LogP contribution >= 0.6 is 22.7 Å². The van der Waals surface area contributed by atoms with Crippen molar-refractivity contribution < 1.29 is 9.90 Å². The van der Waals surface area contributed by atoms with Crippen LogP contribution in [0.4, 0.5) is 0 Å². The molecular formula is C15H19NO2S2. The van der Waals surface area contributed by atoms with Crippen molar-refractivity contribution in [3.63, 3.8) is 0 Å². The van der Waals surface area contributed by atoms with Crippen molar-refractivity contribution >= 4 is 28.6 Å². The van der Waals surface area contributed by atoms with Crippen molar-refractivity contribution in [3.05, 3.63) is 43.8 Å². The summed E-state index contributed by atoms with van der Waals surface area (Å²) in [5.41, 5.74) is 1.17. The number of carboxylic acids is 1. The molecule has 3 nitrogen and oxygen atoms in total. The molecule has 0 atom stereocenters. The molecule has 2 aromatic heterocycles. The monoisotopic (exact) mass is 309 g/mol. The highest BCUT2D eigenvalue weighted by Crippen LogP contribution is 2.27. The Morgan fingerprint density at radius 3 is 2.75 bits per heavy atom. The van der Waals surface area contributed by atoms with Crippen LogP contribution in [0.1, 0.15) is 38.8 Å². The topological polar surface area (TPSA) is 49.3 Å². The number of carboxylic acid groups (broad SMARTS) is 1. The standard InChI is InChI=1S/C15H19NO2S2/c1-10-11(7-12(20-10)14(17)18)8-16-9-15(2,3)13-5-4-6-19-13/h4-7,16H,8-9H2,1-3H3,(H,17,18). The molecule has 0 spiro atoms. The van der Waals surface area contributed by atoms with Gasteiger partial charge < -0.3 is 10.4 Å². The van der Waals surface area contributed by atoms with Crippen molar-refractivity contribution in [3.8, 4) is 0 Å². The van der Waals surface area contributed by atoms with Crippen molar-refractivity contribution in [2.75, 3.05) is 6.54 Å². The molecule has 2 rings (SSSR count). The second kappa shape index (κ2) is 6.08. The summed E-state index contributed by atoms with van der Waals surface area (Å²) in [7, 11) is 0. The summed E-state index contributed by atoms with van der Waals surface area (Å²) in [6, 6.07) is 6.00. The van der Waals surface area contributed by atoms with E-state index in [0.717, 1.165) is 17.0 Å². The van der Waals surface area contributed by atoms with Gasteiger partial charge in [0.2, 0.25) is 0 Å². The lowest BCUT2D eigenvalue weighted by Gasteiger charge is -2.23. The molecule has 0 saturated heterocycles. The molecule has 2 aromatic rings. The first-order chi connectivity index (χ1) is 9.40. The molecule has 20 heavy (non-hydrogen) atoms. The molecule has 0 radical (unpaired) electrons. The molecule has 2 N–H and O–H groups in total. The molecule has 5 heteroatoms. The van der Waals surface area contributed by atoms with Crippen LogP contribution in [0.25, 0.3) is 0 Å². The van der Waals surface area contributed by atoms with E-state index in [9.17, 15) is 4.79 Å². The van der Waals surface area contributed by atoms with Crippen LogP contribution in [0.15, 0.2) is 23.6 Å². The fourth-order valence-electron chi connectivity index (χ4n) is 2.06. The number of thiophene rings is 2. The minimum atomic E-state index is -0.844. The van der Waals surface area contributed by atoms with E-state index in [2.05, 4.69) is 36.7 Å². The van der Waals surface area contributed by atoms with Crippen molar-refractivity contribution in [2.45, 2.75) is 32.7 Å². The van der Waals surface area contributed by atoms with Gasteiger partial charge in [0, 0.05) is 28.3 Å². The van der Waals surface area contributed by atoms with Crippen molar-refractivity contribution in [1.29, 1.82) is 0 Å². The maximum absolute atomic E-state index is 10.9. The van der Waals surface area contributed by atoms with Gasteiger partial charge in [-0.15, -0.1) is 22.7 Å². The van der Waals surface area contributed by atoms with Gasteiger partial charge in [-0.05, 0) is 30.0 Å². The highest BCUT2D eigenvalue weighted by Gasteiger charge is 2.21. The van der Waals surface area contributed by atoms with Crippen molar-refractivity contribution in [1.82, 2.24) is 5.32 Å². The first-order valence-electron chi connectivity index (χ1n) is 6.47. The van der Waals surface area contributed by atoms with E-state index in [1.165, 1.54) is 16.2 Å². The largest absolute Gasteiger partial charge is 0.477 e. The van der Waals surface area contributed by atoms with E-state index >= 15 is 0 Å². The third-order valence-corrected chi connectivity index (χ3v) is 5.62. The minimum Gasteiger partial charge on any atom is -0.477 e. The van der Waals surface area contributed by atoms with E-state index in [-0.39, 0.29) is 5.41 Å². The van der Waals surface area contributed by atoms with Gasteiger partial charge in [-0.2, -0.15) is 0 Å². The summed E-state index contributed by atoms with van der Waals surface area (Å²) < 4.78 is 0. The zero-order valence-corrected chi connectivity index (χ0v) is 13.5. The Kier molecular flexibility index (Phi) is 4.62. The zero-order valence-electron chi connectivity index (χ0n) is 11.9. The predicted molar refractivity (Wildman–Crippen MR) is 85.1 cm³/mol. The summed E-state index contributed by atoms with van der Waals surface area (Å²) in [4.78, 5) is 13.8. The summed E-state index contributed by atoms with van der Waals surface area (Å²) in [5, 5.41) is 14.5. The Hall–Kier alpha value is -1.17. The maximum Gasteiger partial charge on any atom is 0.345 e. The molecule has 0 unspecified atom stereocenters. The van der Waals surface area contributed by atoms with Gasteiger partial charge in [0.25, 0.3) is 0 Å². The van der Waals surface area contributed by atoms with E-state index in [0.29, 0.717) is 11.4 Å². The van der Waals surface area contributed by atoms with Gasteiger partial charge in [0.05, 0.1) is 0 Å². The smallest absolute Gasteiger partial charge is 0.345 e. The molecule has 108 valence electrons. The van der Waals surface area contributed by atoms with E-state index < -0.39 is 5.97 Å². The third kappa shape index (κ3) is 3.48. The highest BCUT2D eigenvalue weighted by molar-refractivity contribution is 7.14. The Balaban J connectivity index is 1.95. The van der Waals surface area contributed by atoms with E-state index in [1.54, 1.807) is 17.4 Å². The average molecular weight is 309 g/mol. The van der Waals surface area contributed by atoms with Crippen LogP contribution in [-0.4, -0.2) is 17.6 Å². The van der Waals surface area contributed by atoms with Crippen LogP contribution in [0.5, 0.6) is 0 Å². The summed E-state index contributed by atoms with van der Waals surface area (Å²) in [6.07, 6.45) is 0. The van der Waals surface area contributed by atoms with Gasteiger partial charge in [0.15, 0.2) is 0 Å². The van der Waals surface area contributed by atoms with Crippen LogP contribution in [0, 0.1) is 6.92 Å². The second-order valence-corrected chi connectivity index (χ2v) is 7.67. The predicted octanol–water partition coefficient (Wildman–Crippen LogP) is 3.88. The molecule has 0 aliphatic heterocycles. The number of aryl methyl sites for hydroxylation is 1. The number of hydrogen-bond donors (Lipinski definition) is 2. The van der Waals surface area contributed by atoms with Gasteiger partial charge in [-0.1, -0.05) is 19.9 Å². The highest BCUT2D eigenvalue weighted by atomic mass is 32.1. The molecular weight excluding hydrogens is 290 g/mol. The molecule has 0 aliphatic carbocycles. The third-order valence-electron chi connectivity index (χ3n) is 3.30. The number of hydrogen-bond acceptors (Lipinski definition) is 4. The number of aromatic carboxylic acids is 1. The van der Waals surface area contributed by atoms with Gasteiger partial charge in [-0.25, -0.2) is 4.79 Å². The lowest BCUT2D eigenvalue weighted by molar-refractivity contribution is 0.0702. The minimum absolute atomic E-state index is 0.0910. The Labute approximate surface area is 127 Å². The first kappa shape index (κ1) is 15.2. The van der Waals surface area contributed by atoms with E-state index in [1.807, 2.05) is 6.92 Å². The molecule has 0 bridgehead atoms. The fourth-order valence-corrected chi connectivity index (χ4v) is 3.79. The molecule has 0 amide bonds. The quantitative estimate of drug-likeness (QED) is 0.851. The maximum atomic E-state index is 10.9. The fraction of sp³-hybridized carbons (Fsp3) is 0.400. The van der Waals surface area contributed by atoms with E-state index in [4.69, 9.17) is 5.11 Å². The Morgan fingerprint density at radius 1 is 1.45 bits per heavy atom. The molecule has 0 fully saturated rings. The van der Waals surface area contributed by atoms with Crippen LogP contribution in [-0.2, 0) is 12.0 Å². The number of carbonyl (C=O) groups is 1. The van der Waals surface area contributed by atoms with Crippen LogP contribution in [0.3, 0.4) is 0 Å². The van der Waals surface area contributed by atoms with Gasteiger partial charge >= 0.3 is 5.97 Å². The number of nitrogens with one attached hydrogen (secondary N) is 1. The normalized spacial score (nSPS) is 11.8. The molecule has 2 heterocycles. The first-order valence-corrected chi connectivity index (χ1v) is 8.17. The zero-order chi connectivity index (χ0) is 14.8. The van der Waals surface area contributed by atoms with Gasteiger partial charge in [0.1, 0.15) is 4.88 Å². The lowest BCUT2D eigenvalue weighted by atomic mass is 9.91. The Bertz CT molecular complexity index is 585. The van der Waals surface area contributed by atoms with Gasteiger partial charge in [-0.3, -0.25) is 0 Å². The summed E-state index contributed by atoms with van der Waals surface area (Å²) in [6.45, 7) is 7.98. The molecule has 0 saturated carbocycles. The van der Waals surface area contributed by atoms with Crippen molar-refractivity contribution in [2.24, 2.45) is 0 Å². The summed E-state index contributed by atoms with van der Waals surface area (Å²) in [5.74, 6) is -0.844. The molecule has 0 aromatic carbocycles. The SMILES string of the molecule is Cc1sc(C(=O)O)cc1CNCC(C)(C)c1cccs1.